The lowest BCUT2D eigenvalue weighted by Gasteiger charge is -2.10. The van der Waals surface area contributed by atoms with Crippen molar-refractivity contribution in [3.8, 4) is 34.2 Å². The van der Waals surface area contributed by atoms with E-state index in [4.69, 9.17) is 19.4 Å². The van der Waals surface area contributed by atoms with Gasteiger partial charge in [0, 0.05) is 33.3 Å². The van der Waals surface area contributed by atoms with Crippen molar-refractivity contribution >= 4 is 27.6 Å². The second kappa shape index (κ2) is 8.96. The Balaban J connectivity index is 1.56. The summed E-state index contributed by atoms with van der Waals surface area (Å²) in [6, 6.07) is 31.9. The van der Waals surface area contributed by atoms with Crippen molar-refractivity contribution in [3.63, 3.8) is 0 Å². The molecule has 0 bridgehead atoms. The van der Waals surface area contributed by atoms with Gasteiger partial charge < -0.3 is 9.73 Å². The minimum absolute atomic E-state index is 0.553. The van der Waals surface area contributed by atoms with Gasteiger partial charge in [-0.15, -0.1) is 0 Å². The fourth-order valence-corrected chi connectivity index (χ4v) is 4.24. The Labute approximate surface area is 208 Å². The maximum absolute atomic E-state index is 6.27. The number of nitrogens with zero attached hydrogens (tertiary/aromatic N) is 3. The molecule has 0 saturated carbocycles. The summed E-state index contributed by atoms with van der Waals surface area (Å²) in [5, 5.41) is 5.33. The average Bonchev–Trinajstić information content (AvgIpc) is 3.32. The van der Waals surface area contributed by atoms with E-state index in [1.54, 1.807) is 6.08 Å². The number of nitrogens with one attached hydrogen (secondary N) is 1. The molecule has 2 aromatic heterocycles. The molecule has 6 aromatic rings. The molecule has 0 radical (unpaired) electrons. The number of benzene rings is 4. The van der Waals surface area contributed by atoms with Crippen LogP contribution in [0.2, 0.25) is 0 Å². The maximum Gasteiger partial charge on any atom is 0.167 e. The van der Waals surface area contributed by atoms with Crippen LogP contribution >= 0.6 is 0 Å². The predicted octanol–water partition coefficient (Wildman–Crippen LogP) is 7.88. The first kappa shape index (κ1) is 21.5. The maximum atomic E-state index is 6.27. The Hall–Kier alpha value is -5.03. The summed E-state index contributed by atoms with van der Waals surface area (Å²) in [5.74, 6) is 1.72. The lowest BCUT2D eigenvalue weighted by Crippen LogP contribution is -2.01. The lowest BCUT2D eigenvalue weighted by molar-refractivity contribution is 0.669. The van der Waals surface area contributed by atoms with Crippen molar-refractivity contribution in [1.82, 2.24) is 15.0 Å². The summed E-state index contributed by atoms with van der Waals surface area (Å²) in [7, 11) is 0. The van der Waals surface area contributed by atoms with Crippen LogP contribution in [0.5, 0.6) is 0 Å². The van der Waals surface area contributed by atoms with Gasteiger partial charge in [0.05, 0.1) is 5.56 Å². The Morgan fingerprint density at radius 1 is 0.694 bits per heavy atom. The molecule has 0 amide bonds. The Morgan fingerprint density at radius 2 is 1.36 bits per heavy atom. The first-order valence-electron chi connectivity index (χ1n) is 11.6. The van der Waals surface area contributed by atoms with Crippen LogP contribution in [0.25, 0.3) is 56.1 Å². The van der Waals surface area contributed by atoms with E-state index in [1.807, 2.05) is 84.9 Å². The van der Waals surface area contributed by atoms with E-state index in [2.05, 4.69) is 30.6 Å². The summed E-state index contributed by atoms with van der Waals surface area (Å²) in [5.41, 5.74) is 5.76. The summed E-state index contributed by atoms with van der Waals surface area (Å²) in [6.45, 7) is 7.71. The van der Waals surface area contributed by atoms with Crippen LogP contribution in [0.15, 0.2) is 126 Å². The number of aromatic nitrogens is 3. The van der Waals surface area contributed by atoms with Crippen LogP contribution in [0, 0.1) is 0 Å². The molecule has 5 nitrogen and oxygen atoms in total. The van der Waals surface area contributed by atoms with Crippen molar-refractivity contribution in [2.24, 2.45) is 0 Å². The van der Waals surface area contributed by atoms with Gasteiger partial charge >= 0.3 is 0 Å². The summed E-state index contributed by atoms with van der Waals surface area (Å²) >= 11 is 0. The minimum atomic E-state index is 0.553. The molecule has 2 heterocycles. The van der Waals surface area contributed by atoms with Gasteiger partial charge in [-0.25, -0.2) is 15.0 Å². The second-order valence-electron chi connectivity index (χ2n) is 8.39. The van der Waals surface area contributed by atoms with Crippen molar-refractivity contribution in [2.45, 2.75) is 0 Å². The Kier molecular flexibility index (Phi) is 5.35. The number of fused-ring (bicyclic) bond motifs is 3. The average molecular weight is 467 g/mol. The van der Waals surface area contributed by atoms with E-state index >= 15 is 0 Å². The van der Waals surface area contributed by atoms with E-state index in [0.717, 1.165) is 44.3 Å². The molecule has 1 N–H and O–H groups in total. The number of anilines is 1. The minimum Gasteiger partial charge on any atom is -0.455 e. The van der Waals surface area contributed by atoms with Crippen LogP contribution in [0.1, 0.15) is 0 Å². The molecule has 0 fully saturated rings. The molecule has 36 heavy (non-hydrogen) atoms. The van der Waals surface area contributed by atoms with Gasteiger partial charge in [-0.2, -0.15) is 0 Å². The fourth-order valence-electron chi connectivity index (χ4n) is 4.24. The zero-order chi connectivity index (χ0) is 24.5. The number of rotatable bonds is 6. The van der Waals surface area contributed by atoms with E-state index < -0.39 is 0 Å². The van der Waals surface area contributed by atoms with E-state index in [0.29, 0.717) is 23.2 Å². The molecule has 6 rings (SSSR count). The molecule has 0 unspecified atom stereocenters. The molecule has 0 aliphatic rings. The fraction of sp³-hybridized carbons (Fsp3) is 0. The highest BCUT2D eigenvalue weighted by Crippen LogP contribution is 2.35. The first-order chi connectivity index (χ1) is 17.7. The molecule has 0 spiro atoms. The van der Waals surface area contributed by atoms with Gasteiger partial charge in [0.2, 0.25) is 0 Å². The predicted molar refractivity (Wildman–Crippen MR) is 146 cm³/mol. The first-order valence-corrected chi connectivity index (χ1v) is 11.6. The van der Waals surface area contributed by atoms with Gasteiger partial charge in [-0.3, -0.25) is 0 Å². The smallest absolute Gasteiger partial charge is 0.167 e. The zero-order valence-corrected chi connectivity index (χ0v) is 19.5. The Morgan fingerprint density at radius 3 is 2.19 bits per heavy atom. The number of allylic oxidation sites excluding steroid dienone is 1. The summed E-state index contributed by atoms with van der Waals surface area (Å²) in [6.07, 6.45) is 1.68. The molecule has 0 aliphatic carbocycles. The number of furan rings is 1. The topological polar surface area (TPSA) is 63.8 Å². The molecule has 4 aromatic carbocycles. The number of hydrogen-bond donors (Lipinski definition) is 1. The zero-order valence-electron chi connectivity index (χ0n) is 19.5. The van der Waals surface area contributed by atoms with Crippen LogP contribution in [0.3, 0.4) is 0 Å². The molecule has 0 saturated heterocycles. The highest BCUT2D eigenvalue weighted by molar-refractivity contribution is 6.09. The van der Waals surface area contributed by atoms with Crippen molar-refractivity contribution in [3.05, 3.63) is 122 Å². The molecule has 0 aliphatic heterocycles. The van der Waals surface area contributed by atoms with Crippen LogP contribution in [0.4, 0.5) is 5.69 Å². The molecule has 5 heteroatoms. The second-order valence-corrected chi connectivity index (χ2v) is 8.39. The van der Waals surface area contributed by atoms with Crippen molar-refractivity contribution < 1.29 is 4.42 Å². The third-order valence-corrected chi connectivity index (χ3v) is 5.98. The molecular formula is C31H22N4O. The van der Waals surface area contributed by atoms with Gasteiger partial charge in [0.25, 0.3) is 0 Å². The largest absolute Gasteiger partial charge is 0.455 e. The highest BCUT2D eigenvalue weighted by Gasteiger charge is 2.17. The van der Waals surface area contributed by atoms with Crippen LogP contribution in [-0.2, 0) is 0 Å². The van der Waals surface area contributed by atoms with Gasteiger partial charge in [0.15, 0.2) is 17.5 Å². The highest BCUT2D eigenvalue weighted by atomic mass is 16.3. The van der Waals surface area contributed by atoms with E-state index in [-0.39, 0.29) is 0 Å². The van der Waals surface area contributed by atoms with Crippen molar-refractivity contribution in [2.75, 3.05) is 5.32 Å². The van der Waals surface area contributed by atoms with E-state index in [1.165, 1.54) is 0 Å². The number of para-hydroxylation sites is 2. The van der Waals surface area contributed by atoms with Gasteiger partial charge in [-0.05, 0) is 30.3 Å². The molecular weight excluding hydrogens is 444 g/mol. The standard InChI is InChI=1S/C31H22N4O/c1-3-20(2)32-23-14-9-13-22(19-23)30-33-29(21-11-5-4-6-12-21)34-31(35-30)26-17-10-16-25-24-15-7-8-18-27(24)36-28(25)26/h3-19,32H,1-2H2. The lowest BCUT2D eigenvalue weighted by atomic mass is 10.1. The van der Waals surface area contributed by atoms with E-state index in [9.17, 15) is 0 Å². The SMILES string of the molecule is C=CC(=C)Nc1cccc(-c2nc(-c3ccccc3)nc(-c3cccc4c3oc3ccccc34)n2)c1. The number of hydrogen-bond acceptors (Lipinski definition) is 5. The normalized spacial score (nSPS) is 11.0. The van der Waals surface area contributed by atoms with Crippen LogP contribution < -0.4 is 5.32 Å². The quantitative estimate of drug-likeness (QED) is 0.253. The summed E-state index contributed by atoms with van der Waals surface area (Å²) < 4.78 is 6.27. The molecule has 172 valence electrons. The monoisotopic (exact) mass is 466 g/mol. The van der Waals surface area contributed by atoms with Crippen molar-refractivity contribution in [1.29, 1.82) is 0 Å². The van der Waals surface area contributed by atoms with Gasteiger partial charge in [0.1, 0.15) is 11.2 Å². The third kappa shape index (κ3) is 3.93. The Bertz CT molecular complexity index is 1750. The summed E-state index contributed by atoms with van der Waals surface area (Å²) in [4.78, 5) is 14.6. The molecule has 0 atom stereocenters. The van der Waals surface area contributed by atoms with Gasteiger partial charge in [-0.1, -0.05) is 86.0 Å². The third-order valence-electron chi connectivity index (χ3n) is 5.98. The van der Waals surface area contributed by atoms with Crippen LogP contribution in [-0.4, -0.2) is 15.0 Å².